The van der Waals surface area contributed by atoms with E-state index >= 15 is 0 Å². The third kappa shape index (κ3) is 3.35. The lowest BCUT2D eigenvalue weighted by Gasteiger charge is -2.44. The molecule has 1 fully saturated rings. The van der Waals surface area contributed by atoms with Crippen molar-refractivity contribution in [1.29, 1.82) is 0 Å². The van der Waals surface area contributed by atoms with Gasteiger partial charge in [0.2, 0.25) is 0 Å². The summed E-state index contributed by atoms with van der Waals surface area (Å²) < 4.78 is 5.79. The van der Waals surface area contributed by atoms with Crippen molar-refractivity contribution in [3.63, 3.8) is 0 Å². The highest BCUT2D eigenvalue weighted by Gasteiger charge is 2.45. The van der Waals surface area contributed by atoms with Gasteiger partial charge in [-0.1, -0.05) is 17.7 Å². The number of nitrogens with one attached hydrogen (secondary N) is 1. The first-order valence-corrected chi connectivity index (χ1v) is 11.5. The van der Waals surface area contributed by atoms with Gasteiger partial charge in [-0.3, -0.25) is 10.1 Å². The summed E-state index contributed by atoms with van der Waals surface area (Å²) in [5, 5.41) is 2.68. The standard InChI is InChI=1S/C25H24N6O3/c1-16-4-5-20-17(13-16)6-10-31(20)23(32)19-14-21(28-15-27-19)30-11-7-25(8-12-30)18-3-2-9-26-22(18)29-24(33)34-25/h2-5,9,13-15H,6-8,10-12H2,1H3,(H,26,29,33). The molecule has 2 amide bonds. The van der Waals surface area contributed by atoms with Gasteiger partial charge >= 0.3 is 6.09 Å². The summed E-state index contributed by atoms with van der Waals surface area (Å²) >= 11 is 0. The normalized spacial score (nSPS) is 18.2. The van der Waals surface area contributed by atoms with Crippen LogP contribution >= 0.6 is 0 Å². The number of carbonyl (C=O) groups excluding carboxylic acids is 2. The van der Waals surface area contributed by atoms with Crippen LogP contribution in [0.15, 0.2) is 48.9 Å². The van der Waals surface area contributed by atoms with Crippen LogP contribution in [0.4, 0.5) is 22.1 Å². The van der Waals surface area contributed by atoms with E-state index in [0.717, 1.165) is 17.7 Å². The summed E-state index contributed by atoms with van der Waals surface area (Å²) in [7, 11) is 0. The molecule has 0 atom stereocenters. The summed E-state index contributed by atoms with van der Waals surface area (Å²) in [6.45, 7) is 3.95. The molecule has 3 aromatic rings. The number of ether oxygens (including phenoxy) is 1. The number of hydrogen-bond acceptors (Lipinski definition) is 7. The van der Waals surface area contributed by atoms with Crippen molar-refractivity contribution < 1.29 is 14.3 Å². The lowest BCUT2D eigenvalue weighted by Crippen LogP contribution is -2.48. The molecule has 3 aliphatic heterocycles. The Kier molecular flexibility index (Phi) is 4.72. The fraction of sp³-hybridized carbons (Fsp3) is 0.320. The topological polar surface area (TPSA) is 101 Å². The fourth-order valence-electron chi connectivity index (χ4n) is 5.21. The molecule has 3 aliphatic rings. The highest BCUT2D eigenvalue weighted by molar-refractivity contribution is 6.06. The zero-order valence-corrected chi connectivity index (χ0v) is 18.8. The van der Waals surface area contributed by atoms with Crippen LogP contribution in [0.25, 0.3) is 0 Å². The van der Waals surface area contributed by atoms with Crippen molar-refractivity contribution in [2.75, 3.05) is 34.8 Å². The molecule has 9 heteroatoms. The van der Waals surface area contributed by atoms with E-state index < -0.39 is 11.7 Å². The molecule has 5 heterocycles. The van der Waals surface area contributed by atoms with Crippen molar-refractivity contribution in [1.82, 2.24) is 15.0 Å². The summed E-state index contributed by atoms with van der Waals surface area (Å²) in [5.74, 6) is 1.14. The predicted octanol–water partition coefficient (Wildman–Crippen LogP) is 3.44. The van der Waals surface area contributed by atoms with Gasteiger partial charge in [0.1, 0.15) is 29.3 Å². The minimum absolute atomic E-state index is 0.119. The Morgan fingerprint density at radius 1 is 1.09 bits per heavy atom. The third-order valence-electron chi connectivity index (χ3n) is 6.95. The van der Waals surface area contributed by atoms with Crippen molar-refractivity contribution in [2.24, 2.45) is 0 Å². The second-order valence-electron chi connectivity index (χ2n) is 9.00. The van der Waals surface area contributed by atoms with Crippen LogP contribution in [0.5, 0.6) is 0 Å². The van der Waals surface area contributed by atoms with Gasteiger partial charge in [-0.15, -0.1) is 0 Å². The molecule has 1 spiro atoms. The SMILES string of the molecule is Cc1ccc2c(c1)CCN2C(=O)c1cc(N2CCC3(CC2)OC(=O)Nc2ncccc23)ncn1. The molecule has 0 bridgehead atoms. The van der Waals surface area contributed by atoms with Gasteiger partial charge in [-0.05, 0) is 37.1 Å². The molecule has 1 saturated heterocycles. The average molecular weight is 457 g/mol. The van der Waals surface area contributed by atoms with Crippen LogP contribution in [-0.2, 0) is 16.8 Å². The Balaban J connectivity index is 1.21. The Labute approximate surface area is 196 Å². The number of hydrogen-bond donors (Lipinski definition) is 1. The van der Waals surface area contributed by atoms with E-state index in [4.69, 9.17) is 4.74 Å². The molecular formula is C25H24N6O3. The van der Waals surface area contributed by atoms with E-state index in [2.05, 4.69) is 38.2 Å². The largest absolute Gasteiger partial charge is 0.437 e. The smallest absolute Gasteiger partial charge is 0.413 e. The molecule has 0 saturated carbocycles. The van der Waals surface area contributed by atoms with Gasteiger partial charge in [0.15, 0.2) is 0 Å². The number of amides is 2. The number of aryl methyl sites for hydroxylation is 1. The van der Waals surface area contributed by atoms with E-state index in [1.54, 1.807) is 17.2 Å². The number of benzene rings is 1. The lowest BCUT2D eigenvalue weighted by atomic mass is 9.83. The Bertz CT molecular complexity index is 1300. The summed E-state index contributed by atoms with van der Waals surface area (Å²) in [6.07, 6.45) is 4.68. The molecule has 0 unspecified atom stereocenters. The van der Waals surface area contributed by atoms with Crippen molar-refractivity contribution >= 4 is 29.3 Å². The van der Waals surface area contributed by atoms with Crippen LogP contribution in [0.2, 0.25) is 0 Å². The molecular weight excluding hydrogens is 432 g/mol. The van der Waals surface area contributed by atoms with E-state index in [1.165, 1.54) is 17.5 Å². The maximum atomic E-state index is 13.3. The third-order valence-corrected chi connectivity index (χ3v) is 6.95. The minimum atomic E-state index is -0.703. The summed E-state index contributed by atoms with van der Waals surface area (Å²) in [4.78, 5) is 42.4. The first-order valence-electron chi connectivity index (χ1n) is 11.5. The maximum absolute atomic E-state index is 13.3. The highest BCUT2D eigenvalue weighted by Crippen LogP contribution is 2.43. The second kappa shape index (κ2) is 7.79. The number of rotatable bonds is 2. The monoisotopic (exact) mass is 456 g/mol. The van der Waals surface area contributed by atoms with Gasteiger partial charge in [0.25, 0.3) is 5.91 Å². The maximum Gasteiger partial charge on any atom is 0.413 e. The second-order valence-corrected chi connectivity index (χ2v) is 9.00. The van der Waals surface area contributed by atoms with Crippen LogP contribution in [0.1, 0.15) is 40.0 Å². The zero-order valence-electron chi connectivity index (χ0n) is 18.8. The number of carbonyl (C=O) groups is 2. The molecule has 6 rings (SSSR count). The fourth-order valence-corrected chi connectivity index (χ4v) is 5.21. The number of fused-ring (bicyclic) bond motifs is 3. The van der Waals surface area contributed by atoms with Gasteiger partial charge < -0.3 is 14.5 Å². The molecule has 0 aliphatic carbocycles. The first kappa shape index (κ1) is 20.6. The molecule has 1 N–H and O–H groups in total. The van der Waals surface area contributed by atoms with Gasteiger partial charge in [0.05, 0.1) is 0 Å². The van der Waals surface area contributed by atoms with E-state index in [1.807, 2.05) is 24.3 Å². The predicted molar refractivity (Wildman–Crippen MR) is 126 cm³/mol. The van der Waals surface area contributed by atoms with Crippen LogP contribution in [0, 0.1) is 6.92 Å². The summed E-state index contributed by atoms with van der Waals surface area (Å²) in [6, 6.07) is 11.7. The molecule has 172 valence electrons. The van der Waals surface area contributed by atoms with Gasteiger partial charge in [-0.25, -0.2) is 19.7 Å². The average Bonchev–Trinajstić information content (AvgIpc) is 3.27. The van der Waals surface area contributed by atoms with E-state index in [0.29, 0.717) is 49.8 Å². The molecule has 2 aromatic heterocycles. The zero-order chi connectivity index (χ0) is 23.3. The Morgan fingerprint density at radius 2 is 1.94 bits per heavy atom. The number of nitrogens with zero attached hydrogens (tertiary/aromatic N) is 5. The number of pyridine rings is 1. The quantitative estimate of drug-likeness (QED) is 0.630. The van der Waals surface area contributed by atoms with E-state index in [9.17, 15) is 9.59 Å². The number of anilines is 3. The Hall–Kier alpha value is -4.01. The van der Waals surface area contributed by atoms with Crippen molar-refractivity contribution in [3.8, 4) is 0 Å². The van der Waals surface area contributed by atoms with Crippen molar-refractivity contribution in [3.05, 3.63) is 71.3 Å². The van der Waals surface area contributed by atoms with Crippen LogP contribution in [0.3, 0.4) is 0 Å². The highest BCUT2D eigenvalue weighted by atomic mass is 16.6. The van der Waals surface area contributed by atoms with Crippen LogP contribution in [-0.4, -0.2) is 46.6 Å². The summed E-state index contributed by atoms with van der Waals surface area (Å²) in [5.41, 5.74) is 3.91. The van der Waals surface area contributed by atoms with E-state index in [-0.39, 0.29) is 5.91 Å². The minimum Gasteiger partial charge on any atom is -0.437 e. The molecule has 34 heavy (non-hydrogen) atoms. The van der Waals surface area contributed by atoms with Crippen molar-refractivity contribution in [2.45, 2.75) is 31.8 Å². The van der Waals surface area contributed by atoms with Gasteiger partial charge in [-0.2, -0.15) is 0 Å². The molecule has 0 radical (unpaired) electrons. The first-order chi connectivity index (χ1) is 16.5. The van der Waals surface area contributed by atoms with Crippen LogP contribution < -0.4 is 15.1 Å². The Morgan fingerprint density at radius 3 is 2.79 bits per heavy atom. The number of piperidine rings is 1. The van der Waals surface area contributed by atoms with Gasteiger partial charge in [0, 0.05) is 56.0 Å². The lowest BCUT2D eigenvalue weighted by molar-refractivity contribution is -0.00854. The number of aromatic nitrogens is 3. The molecule has 1 aromatic carbocycles. The molecule has 9 nitrogen and oxygen atoms in total.